The number of hydrogen-bond acceptors (Lipinski definition) is 6. The first-order valence-corrected chi connectivity index (χ1v) is 5.70. The second-order valence-electron chi connectivity index (χ2n) is 2.92. The van der Waals surface area contributed by atoms with Gasteiger partial charge < -0.3 is 10.8 Å². The SMILES string of the molecule is Cc1nc(C(=O)O)nc(N)c1S(C)(=O)=O. The molecule has 1 heterocycles. The van der Waals surface area contributed by atoms with Gasteiger partial charge in [-0.15, -0.1) is 0 Å². The fourth-order valence-corrected chi connectivity index (χ4v) is 2.15. The van der Waals surface area contributed by atoms with E-state index >= 15 is 0 Å². The van der Waals surface area contributed by atoms with Crippen LogP contribution in [0.4, 0.5) is 5.82 Å². The zero-order valence-corrected chi connectivity index (χ0v) is 8.87. The lowest BCUT2D eigenvalue weighted by molar-refractivity contribution is 0.0683. The van der Waals surface area contributed by atoms with Gasteiger partial charge in [-0.2, -0.15) is 0 Å². The average molecular weight is 231 g/mol. The van der Waals surface area contributed by atoms with Gasteiger partial charge in [0.05, 0.1) is 5.69 Å². The minimum atomic E-state index is -3.55. The molecule has 1 aromatic heterocycles. The fraction of sp³-hybridized carbons (Fsp3) is 0.286. The maximum atomic E-state index is 11.2. The molecule has 0 amide bonds. The first-order valence-electron chi connectivity index (χ1n) is 3.81. The Bertz CT molecular complexity index is 500. The minimum Gasteiger partial charge on any atom is -0.475 e. The van der Waals surface area contributed by atoms with Crippen molar-refractivity contribution in [1.82, 2.24) is 9.97 Å². The van der Waals surface area contributed by atoms with Gasteiger partial charge >= 0.3 is 5.97 Å². The highest BCUT2D eigenvalue weighted by Gasteiger charge is 2.20. The third-order valence-corrected chi connectivity index (χ3v) is 2.87. The Morgan fingerprint density at radius 1 is 1.40 bits per heavy atom. The molecule has 0 saturated heterocycles. The van der Waals surface area contributed by atoms with Crippen LogP contribution in [-0.4, -0.2) is 35.7 Å². The van der Waals surface area contributed by atoms with E-state index in [-0.39, 0.29) is 16.4 Å². The van der Waals surface area contributed by atoms with Crippen molar-refractivity contribution in [2.24, 2.45) is 0 Å². The lowest BCUT2D eigenvalue weighted by Gasteiger charge is -2.06. The van der Waals surface area contributed by atoms with Crippen LogP contribution in [0.1, 0.15) is 16.3 Å². The van der Waals surface area contributed by atoms with Crippen LogP contribution >= 0.6 is 0 Å². The number of carboxylic acids is 1. The van der Waals surface area contributed by atoms with E-state index in [1.807, 2.05) is 0 Å². The molecule has 1 aromatic rings. The fourth-order valence-electron chi connectivity index (χ4n) is 1.14. The number of sulfone groups is 1. The van der Waals surface area contributed by atoms with Crippen molar-refractivity contribution in [3.05, 3.63) is 11.5 Å². The predicted octanol–water partition coefficient (Wildman–Crippen LogP) is -0.531. The highest BCUT2D eigenvalue weighted by atomic mass is 32.2. The first-order chi connectivity index (χ1) is 6.73. The molecule has 0 aliphatic heterocycles. The van der Waals surface area contributed by atoms with E-state index in [0.717, 1.165) is 6.26 Å². The number of hydrogen-bond donors (Lipinski definition) is 2. The zero-order chi connectivity index (χ0) is 11.8. The summed E-state index contributed by atoms with van der Waals surface area (Å²) in [4.78, 5) is 17.2. The van der Waals surface area contributed by atoms with Crippen molar-refractivity contribution in [2.45, 2.75) is 11.8 Å². The smallest absolute Gasteiger partial charge is 0.374 e. The van der Waals surface area contributed by atoms with Gasteiger partial charge in [-0.05, 0) is 6.92 Å². The van der Waals surface area contributed by atoms with E-state index in [1.165, 1.54) is 6.92 Å². The number of nitrogens with two attached hydrogens (primary N) is 1. The van der Waals surface area contributed by atoms with Crippen LogP contribution in [0.15, 0.2) is 4.90 Å². The Morgan fingerprint density at radius 3 is 2.27 bits per heavy atom. The summed E-state index contributed by atoms with van der Waals surface area (Å²) in [6.07, 6.45) is 0.954. The Hall–Kier alpha value is -1.70. The third-order valence-electron chi connectivity index (χ3n) is 1.62. The van der Waals surface area contributed by atoms with Crippen molar-refractivity contribution in [1.29, 1.82) is 0 Å². The zero-order valence-electron chi connectivity index (χ0n) is 8.05. The van der Waals surface area contributed by atoms with Gasteiger partial charge in [-0.25, -0.2) is 23.2 Å². The molecular weight excluding hydrogens is 222 g/mol. The van der Waals surface area contributed by atoms with Gasteiger partial charge in [0.15, 0.2) is 9.84 Å². The lowest BCUT2D eigenvalue weighted by Crippen LogP contribution is -2.14. The largest absolute Gasteiger partial charge is 0.475 e. The van der Waals surface area contributed by atoms with Crippen molar-refractivity contribution >= 4 is 21.6 Å². The second-order valence-corrected chi connectivity index (χ2v) is 4.88. The standard InChI is InChI=1S/C7H9N3O4S/c1-3-4(15(2,13)14)5(8)10-6(9-3)7(11)12/h1-2H3,(H,11,12)(H2,8,9,10). The van der Waals surface area contributed by atoms with Gasteiger partial charge in [0.25, 0.3) is 0 Å². The van der Waals surface area contributed by atoms with E-state index in [2.05, 4.69) is 9.97 Å². The van der Waals surface area contributed by atoms with Crippen LogP contribution in [0.3, 0.4) is 0 Å². The van der Waals surface area contributed by atoms with E-state index in [4.69, 9.17) is 10.8 Å². The summed E-state index contributed by atoms with van der Waals surface area (Å²) in [6.45, 7) is 1.36. The highest BCUT2D eigenvalue weighted by molar-refractivity contribution is 7.90. The summed E-state index contributed by atoms with van der Waals surface area (Å²) in [5.41, 5.74) is 5.38. The van der Waals surface area contributed by atoms with E-state index in [9.17, 15) is 13.2 Å². The molecule has 82 valence electrons. The summed E-state index contributed by atoms with van der Waals surface area (Å²) in [7, 11) is -3.55. The number of nitrogen functional groups attached to an aromatic ring is 1. The topological polar surface area (TPSA) is 123 Å². The number of aryl methyl sites for hydroxylation is 1. The van der Waals surface area contributed by atoms with E-state index in [0.29, 0.717) is 0 Å². The maximum Gasteiger partial charge on any atom is 0.374 e. The van der Waals surface area contributed by atoms with Crippen molar-refractivity contribution in [3.8, 4) is 0 Å². The number of anilines is 1. The first kappa shape index (κ1) is 11.4. The summed E-state index contributed by atoms with van der Waals surface area (Å²) >= 11 is 0. The molecule has 7 nitrogen and oxygen atoms in total. The van der Waals surface area contributed by atoms with Gasteiger partial charge in [0, 0.05) is 6.26 Å². The van der Waals surface area contributed by atoms with Gasteiger partial charge in [0.2, 0.25) is 5.82 Å². The number of carbonyl (C=O) groups is 1. The molecule has 0 radical (unpaired) electrons. The number of aromatic carboxylic acids is 1. The van der Waals surface area contributed by atoms with Crippen LogP contribution in [0.25, 0.3) is 0 Å². The van der Waals surface area contributed by atoms with Crippen LogP contribution in [0.5, 0.6) is 0 Å². The molecule has 0 aliphatic rings. The predicted molar refractivity (Wildman–Crippen MR) is 51.3 cm³/mol. The molecule has 0 unspecified atom stereocenters. The van der Waals surface area contributed by atoms with Crippen LogP contribution in [0.2, 0.25) is 0 Å². The van der Waals surface area contributed by atoms with Gasteiger partial charge in [0.1, 0.15) is 10.7 Å². The average Bonchev–Trinajstić information content (AvgIpc) is 1.99. The van der Waals surface area contributed by atoms with Crippen molar-refractivity contribution in [3.63, 3.8) is 0 Å². The van der Waals surface area contributed by atoms with Crippen LogP contribution < -0.4 is 5.73 Å². The normalized spacial score (nSPS) is 11.3. The Kier molecular flexibility index (Phi) is 2.63. The Morgan fingerprint density at radius 2 is 1.93 bits per heavy atom. The van der Waals surface area contributed by atoms with E-state index in [1.54, 1.807) is 0 Å². The summed E-state index contributed by atoms with van der Waals surface area (Å²) in [5, 5.41) is 8.60. The van der Waals surface area contributed by atoms with Crippen molar-refractivity contribution < 1.29 is 18.3 Å². The minimum absolute atomic E-state index is 0.0300. The van der Waals surface area contributed by atoms with Crippen LogP contribution in [0, 0.1) is 6.92 Å². The summed E-state index contributed by atoms with van der Waals surface area (Å²) < 4.78 is 22.5. The Balaban J connectivity index is 3.55. The molecule has 0 aliphatic carbocycles. The number of rotatable bonds is 2. The second kappa shape index (κ2) is 3.46. The summed E-state index contributed by atoms with van der Waals surface area (Å²) in [5.74, 6) is -2.22. The summed E-state index contributed by atoms with van der Waals surface area (Å²) in [6, 6.07) is 0. The molecule has 0 bridgehead atoms. The number of carboxylic acid groups (broad SMARTS) is 1. The number of nitrogens with zero attached hydrogens (tertiary/aromatic N) is 2. The van der Waals surface area contributed by atoms with Crippen LogP contribution in [-0.2, 0) is 9.84 Å². The van der Waals surface area contributed by atoms with Gasteiger partial charge in [-0.1, -0.05) is 0 Å². The molecule has 8 heteroatoms. The molecule has 1 rings (SSSR count). The lowest BCUT2D eigenvalue weighted by atomic mass is 10.4. The van der Waals surface area contributed by atoms with E-state index < -0.39 is 21.6 Å². The molecular formula is C7H9N3O4S. The monoisotopic (exact) mass is 231 g/mol. The molecule has 15 heavy (non-hydrogen) atoms. The quantitative estimate of drug-likeness (QED) is 0.701. The third kappa shape index (κ3) is 2.21. The molecule has 0 atom stereocenters. The molecule has 0 fully saturated rings. The Labute approximate surface area is 85.9 Å². The molecule has 0 spiro atoms. The van der Waals surface area contributed by atoms with Crippen molar-refractivity contribution in [2.75, 3.05) is 12.0 Å². The molecule has 3 N–H and O–H groups in total. The maximum absolute atomic E-state index is 11.2. The molecule has 0 aromatic carbocycles. The molecule has 0 saturated carbocycles. The van der Waals surface area contributed by atoms with Gasteiger partial charge in [-0.3, -0.25) is 0 Å². The highest BCUT2D eigenvalue weighted by Crippen LogP contribution is 2.18. The number of aromatic nitrogens is 2.